The Balaban J connectivity index is 1.70. The fourth-order valence-corrected chi connectivity index (χ4v) is 4.35. The van der Waals surface area contributed by atoms with Crippen LogP contribution in [-0.2, 0) is 24.2 Å². The van der Waals surface area contributed by atoms with Gasteiger partial charge in [0.25, 0.3) is 0 Å². The second-order valence-corrected chi connectivity index (χ2v) is 7.10. The van der Waals surface area contributed by atoms with E-state index in [1.54, 1.807) is 0 Å². The monoisotopic (exact) mass is 289 g/mol. The van der Waals surface area contributed by atoms with E-state index in [2.05, 4.69) is 9.88 Å². The fourth-order valence-electron chi connectivity index (χ4n) is 4.35. The van der Waals surface area contributed by atoms with Crippen LogP contribution in [0.15, 0.2) is 0 Å². The number of fused-ring (bicyclic) bond motifs is 1. The smallest absolute Gasteiger partial charge is 0.112 e. The number of methoxy groups -OCH3 is 1. The number of ether oxygens (including phenoxy) is 1. The molecule has 0 saturated heterocycles. The fraction of sp³-hybridized carbons (Fsp3) is 0.824. The number of nitrogens with zero attached hydrogens (tertiary/aromatic N) is 2. The molecular formula is C17H27N3O. The summed E-state index contributed by atoms with van der Waals surface area (Å²) >= 11 is 0. The molecule has 0 aromatic carbocycles. The zero-order chi connectivity index (χ0) is 14.3. The average Bonchev–Trinajstić information content (AvgIpc) is 3.10. The van der Waals surface area contributed by atoms with Crippen molar-refractivity contribution >= 4 is 0 Å². The van der Waals surface area contributed by atoms with Crippen LogP contribution in [0.4, 0.5) is 0 Å². The number of hydrogen-bond acceptors (Lipinski definition) is 3. The predicted octanol–water partition coefficient (Wildman–Crippen LogP) is 2.76. The topological polar surface area (TPSA) is 39.1 Å². The minimum absolute atomic E-state index is 0.0900. The Morgan fingerprint density at radius 1 is 1.29 bits per heavy atom. The van der Waals surface area contributed by atoms with Crippen molar-refractivity contribution in [1.29, 1.82) is 0 Å². The van der Waals surface area contributed by atoms with Crippen LogP contribution >= 0.6 is 0 Å². The molecule has 1 N–H and O–H groups in total. The molecule has 2 fully saturated rings. The van der Waals surface area contributed by atoms with Crippen molar-refractivity contribution in [3.8, 4) is 0 Å². The van der Waals surface area contributed by atoms with Gasteiger partial charge in [-0.15, -0.1) is 0 Å². The van der Waals surface area contributed by atoms with E-state index >= 15 is 0 Å². The second kappa shape index (κ2) is 5.40. The van der Waals surface area contributed by atoms with Crippen molar-refractivity contribution < 1.29 is 4.74 Å². The average molecular weight is 289 g/mol. The van der Waals surface area contributed by atoms with Crippen LogP contribution in [-0.4, -0.2) is 28.8 Å². The molecule has 4 heteroatoms. The van der Waals surface area contributed by atoms with Gasteiger partial charge in [-0.1, -0.05) is 12.8 Å². The lowest BCUT2D eigenvalue weighted by Crippen LogP contribution is -2.44. The van der Waals surface area contributed by atoms with Crippen LogP contribution in [0.2, 0.25) is 0 Å². The van der Waals surface area contributed by atoms with E-state index in [9.17, 15) is 0 Å². The molecule has 4 nitrogen and oxygen atoms in total. The first-order valence-corrected chi connectivity index (χ1v) is 8.65. The van der Waals surface area contributed by atoms with Gasteiger partial charge in [-0.2, -0.15) is 0 Å². The molecule has 0 unspecified atom stereocenters. The summed E-state index contributed by atoms with van der Waals surface area (Å²) < 4.78 is 8.46. The molecule has 116 valence electrons. The maximum absolute atomic E-state index is 5.89. The summed E-state index contributed by atoms with van der Waals surface area (Å²) in [7, 11) is 1.89. The first-order valence-electron chi connectivity index (χ1n) is 8.65. The van der Waals surface area contributed by atoms with Crippen molar-refractivity contribution in [2.24, 2.45) is 0 Å². The van der Waals surface area contributed by atoms with E-state index in [0.29, 0.717) is 5.92 Å². The molecule has 1 aromatic rings. The van der Waals surface area contributed by atoms with Crippen LogP contribution < -0.4 is 5.32 Å². The van der Waals surface area contributed by atoms with Gasteiger partial charge in [0.2, 0.25) is 0 Å². The molecule has 0 atom stereocenters. The van der Waals surface area contributed by atoms with E-state index in [1.165, 1.54) is 62.2 Å². The maximum atomic E-state index is 5.89. The van der Waals surface area contributed by atoms with E-state index in [4.69, 9.17) is 9.72 Å². The first-order chi connectivity index (χ1) is 10.3. The summed E-state index contributed by atoms with van der Waals surface area (Å²) in [6, 6.07) is 0. The normalized spacial score (nSPS) is 24.8. The number of imidazole rings is 1. The molecule has 3 aliphatic rings. The van der Waals surface area contributed by atoms with Crippen molar-refractivity contribution in [3.05, 3.63) is 17.2 Å². The lowest BCUT2D eigenvalue weighted by molar-refractivity contribution is -0.0845. The molecule has 1 aromatic heterocycles. The van der Waals surface area contributed by atoms with Crippen LogP contribution in [0.3, 0.4) is 0 Å². The Labute approximate surface area is 127 Å². The third-order valence-electron chi connectivity index (χ3n) is 5.88. The first kappa shape index (κ1) is 13.8. The van der Waals surface area contributed by atoms with E-state index in [-0.39, 0.29) is 5.60 Å². The predicted molar refractivity (Wildman–Crippen MR) is 82.4 cm³/mol. The van der Waals surface area contributed by atoms with Gasteiger partial charge in [0, 0.05) is 38.2 Å². The third kappa shape index (κ3) is 2.33. The molecule has 0 radical (unpaired) electrons. The minimum atomic E-state index is 0.0900. The van der Waals surface area contributed by atoms with Gasteiger partial charge in [-0.3, -0.25) is 0 Å². The van der Waals surface area contributed by atoms with Gasteiger partial charge in [0.15, 0.2) is 0 Å². The largest absolute Gasteiger partial charge is 0.376 e. The zero-order valence-electron chi connectivity index (χ0n) is 13.2. The van der Waals surface area contributed by atoms with Crippen molar-refractivity contribution in [2.75, 3.05) is 13.7 Å². The number of rotatable bonds is 4. The zero-order valence-corrected chi connectivity index (χ0v) is 13.2. The molecular weight excluding hydrogens is 262 g/mol. The molecule has 1 aliphatic heterocycles. The Kier molecular flexibility index (Phi) is 3.54. The molecule has 0 spiro atoms. The molecule has 0 amide bonds. The second-order valence-electron chi connectivity index (χ2n) is 7.10. The molecule has 21 heavy (non-hydrogen) atoms. The highest BCUT2D eigenvalue weighted by Gasteiger charge is 2.39. The standard InChI is InChI=1S/C17H27N3O/c1-21-17(8-4-9-17)12-20-15-7-10-18-11-14(15)19-16(20)13-5-2-3-6-13/h13,18H,2-12H2,1H3. The van der Waals surface area contributed by atoms with E-state index in [0.717, 1.165) is 26.1 Å². The van der Waals surface area contributed by atoms with Crippen molar-refractivity contribution in [3.63, 3.8) is 0 Å². The molecule has 0 bridgehead atoms. The Hall–Kier alpha value is -0.870. The molecule has 2 aliphatic carbocycles. The third-order valence-corrected chi connectivity index (χ3v) is 5.88. The Morgan fingerprint density at radius 3 is 2.76 bits per heavy atom. The summed E-state index contributed by atoms with van der Waals surface area (Å²) in [6.45, 7) is 3.06. The van der Waals surface area contributed by atoms with E-state index in [1.807, 2.05) is 7.11 Å². The highest BCUT2D eigenvalue weighted by Crippen LogP contribution is 2.40. The summed E-state index contributed by atoms with van der Waals surface area (Å²) in [5.74, 6) is 2.05. The summed E-state index contributed by atoms with van der Waals surface area (Å²) in [4.78, 5) is 5.05. The minimum Gasteiger partial charge on any atom is -0.376 e. The summed E-state index contributed by atoms with van der Waals surface area (Å²) in [6.07, 6.45) is 10.2. The maximum Gasteiger partial charge on any atom is 0.112 e. The molecule has 4 rings (SSSR count). The lowest BCUT2D eigenvalue weighted by atomic mass is 9.79. The molecule has 2 heterocycles. The highest BCUT2D eigenvalue weighted by molar-refractivity contribution is 5.23. The van der Waals surface area contributed by atoms with Crippen molar-refractivity contribution in [1.82, 2.24) is 14.9 Å². The van der Waals surface area contributed by atoms with Gasteiger partial charge in [0.05, 0.1) is 17.8 Å². The van der Waals surface area contributed by atoms with E-state index < -0.39 is 0 Å². The molecule has 2 saturated carbocycles. The van der Waals surface area contributed by atoms with Crippen molar-refractivity contribution in [2.45, 2.75) is 76.0 Å². The van der Waals surface area contributed by atoms with Crippen LogP contribution in [0.1, 0.15) is 68.1 Å². The van der Waals surface area contributed by atoms with Crippen LogP contribution in [0.5, 0.6) is 0 Å². The summed E-state index contributed by atoms with van der Waals surface area (Å²) in [5, 5.41) is 3.47. The van der Waals surface area contributed by atoms with Gasteiger partial charge >= 0.3 is 0 Å². The highest BCUT2D eigenvalue weighted by atomic mass is 16.5. The van der Waals surface area contributed by atoms with Crippen LogP contribution in [0.25, 0.3) is 0 Å². The Morgan fingerprint density at radius 2 is 2.10 bits per heavy atom. The van der Waals surface area contributed by atoms with Gasteiger partial charge in [-0.05, 0) is 32.1 Å². The summed E-state index contributed by atoms with van der Waals surface area (Å²) in [5.41, 5.74) is 2.87. The van der Waals surface area contributed by atoms with Gasteiger partial charge < -0.3 is 14.6 Å². The van der Waals surface area contributed by atoms with Crippen LogP contribution in [0, 0.1) is 0 Å². The number of hydrogen-bond donors (Lipinski definition) is 1. The van der Waals surface area contributed by atoms with Gasteiger partial charge in [0.1, 0.15) is 5.82 Å². The Bertz CT molecular complexity index is 507. The lowest BCUT2D eigenvalue weighted by Gasteiger charge is -2.41. The van der Waals surface area contributed by atoms with Gasteiger partial charge in [-0.25, -0.2) is 4.98 Å². The quantitative estimate of drug-likeness (QED) is 0.926. The SMILES string of the molecule is COC1(Cn2c(C3CCCC3)nc3c2CCNC3)CCC1. The number of nitrogens with one attached hydrogen (secondary N) is 1. The number of aromatic nitrogens is 2.